The molecule has 5 nitrogen and oxygen atoms in total. The zero-order valence-electron chi connectivity index (χ0n) is 12.9. The SMILES string of the molecule is C=CCN1C(=O)CCc2cc(N(CC)CCC(=O)O)ccc21. The van der Waals surface area contributed by atoms with Gasteiger partial charge in [0, 0.05) is 37.4 Å². The summed E-state index contributed by atoms with van der Waals surface area (Å²) in [5.41, 5.74) is 3.08. The number of anilines is 2. The number of benzene rings is 1. The van der Waals surface area contributed by atoms with Gasteiger partial charge >= 0.3 is 5.97 Å². The second-order valence-electron chi connectivity index (χ2n) is 5.33. The number of nitrogens with zero attached hydrogens (tertiary/aromatic N) is 2. The predicted molar refractivity (Wildman–Crippen MR) is 87.5 cm³/mol. The van der Waals surface area contributed by atoms with E-state index in [2.05, 4.69) is 12.6 Å². The minimum absolute atomic E-state index is 0.117. The van der Waals surface area contributed by atoms with Crippen LogP contribution in [0.2, 0.25) is 0 Å². The molecule has 1 aromatic rings. The van der Waals surface area contributed by atoms with Crippen LogP contribution in [0.25, 0.3) is 0 Å². The highest BCUT2D eigenvalue weighted by Gasteiger charge is 2.23. The number of amides is 1. The van der Waals surface area contributed by atoms with E-state index in [1.807, 2.05) is 24.0 Å². The average Bonchev–Trinajstić information content (AvgIpc) is 2.50. The monoisotopic (exact) mass is 302 g/mol. The van der Waals surface area contributed by atoms with Crippen LogP contribution in [0, 0.1) is 0 Å². The molecule has 0 unspecified atom stereocenters. The molecule has 2 rings (SSSR count). The van der Waals surface area contributed by atoms with Gasteiger partial charge in [0.25, 0.3) is 0 Å². The molecule has 1 heterocycles. The number of carbonyl (C=O) groups excluding carboxylic acids is 1. The lowest BCUT2D eigenvalue weighted by molar-refractivity contribution is -0.136. The molecule has 22 heavy (non-hydrogen) atoms. The van der Waals surface area contributed by atoms with Crippen molar-refractivity contribution in [2.45, 2.75) is 26.2 Å². The van der Waals surface area contributed by atoms with Crippen molar-refractivity contribution in [2.24, 2.45) is 0 Å². The third-order valence-electron chi connectivity index (χ3n) is 3.92. The van der Waals surface area contributed by atoms with Gasteiger partial charge in [-0.25, -0.2) is 0 Å². The Labute approximate surface area is 130 Å². The molecule has 1 aliphatic heterocycles. The number of rotatable bonds is 7. The van der Waals surface area contributed by atoms with E-state index in [-0.39, 0.29) is 12.3 Å². The lowest BCUT2D eigenvalue weighted by atomic mass is 10.00. The molecule has 1 aromatic carbocycles. The smallest absolute Gasteiger partial charge is 0.305 e. The number of aliphatic carboxylic acids is 1. The highest BCUT2D eigenvalue weighted by atomic mass is 16.4. The van der Waals surface area contributed by atoms with Gasteiger partial charge in [-0.3, -0.25) is 9.59 Å². The van der Waals surface area contributed by atoms with Crippen molar-refractivity contribution in [2.75, 3.05) is 29.4 Å². The lowest BCUT2D eigenvalue weighted by Crippen LogP contribution is -2.35. The topological polar surface area (TPSA) is 60.9 Å². The number of aryl methyl sites for hydroxylation is 1. The van der Waals surface area contributed by atoms with E-state index in [1.165, 1.54) is 0 Å². The van der Waals surface area contributed by atoms with Gasteiger partial charge in [0.2, 0.25) is 5.91 Å². The highest BCUT2D eigenvalue weighted by molar-refractivity contribution is 5.97. The molecule has 0 aromatic heterocycles. The first-order valence-electron chi connectivity index (χ1n) is 7.57. The first-order chi connectivity index (χ1) is 10.6. The second-order valence-corrected chi connectivity index (χ2v) is 5.33. The van der Waals surface area contributed by atoms with Gasteiger partial charge in [-0.15, -0.1) is 6.58 Å². The number of carbonyl (C=O) groups is 2. The number of hydrogen-bond donors (Lipinski definition) is 1. The molecule has 0 saturated carbocycles. The van der Waals surface area contributed by atoms with Gasteiger partial charge in [-0.05, 0) is 37.1 Å². The van der Waals surface area contributed by atoms with Crippen LogP contribution in [0.5, 0.6) is 0 Å². The van der Waals surface area contributed by atoms with E-state index in [9.17, 15) is 9.59 Å². The number of carboxylic acid groups (broad SMARTS) is 1. The summed E-state index contributed by atoms with van der Waals surface area (Å²) in [5, 5.41) is 8.84. The van der Waals surface area contributed by atoms with Gasteiger partial charge in [0.15, 0.2) is 0 Å². The molecule has 0 radical (unpaired) electrons. The fraction of sp³-hybridized carbons (Fsp3) is 0.412. The van der Waals surface area contributed by atoms with Crippen LogP contribution in [0.15, 0.2) is 30.9 Å². The maximum Gasteiger partial charge on any atom is 0.305 e. The average molecular weight is 302 g/mol. The van der Waals surface area contributed by atoms with Crippen molar-refractivity contribution in [3.63, 3.8) is 0 Å². The van der Waals surface area contributed by atoms with E-state index in [1.54, 1.807) is 11.0 Å². The Morgan fingerprint density at radius 1 is 1.45 bits per heavy atom. The number of carboxylic acids is 1. The summed E-state index contributed by atoms with van der Waals surface area (Å²) >= 11 is 0. The Morgan fingerprint density at radius 3 is 2.86 bits per heavy atom. The Kier molecular flexibility index (Phi) is 5.20. The molecular formula is C17H22N2O3. The van der Waals surface area contributed by atoms with Crippen molar-refractivity contribution >= 4 is 23.3 Å². The van der Waals surface area contributed by atoms with Gasteiger partial charge in [0.05, 0.1) is 6.42 Å². The highest BCUT2D eigenvalue weighted by Crippen LogP contribution is 2.31. The number of fused-ring (bicyclic) bond motifs is 1. The molecule has 1 N–H and O–H groups in total. The Morgan fingerprint density at radius 2 is 2.23 bits per heavy atom. The van der Waals surface area contributed by atoms with Gasteiger partial charge in [-0.1, -0.05) is 6.08 Å². The normalized spacial score (nSPS) is 13.7. The molecular weight excluding hydrogens is 280 g/mol. The minimum Gasteiger partial charge on any atom is -0.481 e. The zero-order valence-corrected chi connectivity index (χ0v) is 12.9. The van der Waals surface area contributed by atoms with E-state index in [0.717, 1.165) is 29.9 Å². The molecule has 0 saturated heterocycles. The van der Waals surface area contributed by atoms with E-state index < -0.39 is 5.97 Å². The first-order valence-corrected chi connectivity index (χ1v) is 7.57. The van der Waals surface area contributed by atoms with E-state index >= 15 is 0 Å². The Hall–Kier alpha value is -2.30. The van der Waals surface area contributed by atoms with Crippen LogP contribution < -0.4 is 9.80 Å². The first kappa shape index (κ1) is 16.1. The van der Waals surface area contributed by atoms with Gasteiger partial charge < -0.3 is 14.9 Å². The summed E-state index contributed by atoms with van der Waals surface area (Å²) in [6, 6.07) is 5.98. The van der Waals surface area contributed by atoms with Crippen molar-refractivity contribution in [1.82, 2.24) is 0 Å². The summed E-state index contributed by atoms with van der Waals surface area (Å²) in [7, 11) is 0. The van der Waals surface area contributed by atoms with Crippen LogP contribution in [0.3, 0.4) is 0 Å². The minimum atomic E-state index is -0.792. The molecule has 0 aliphatic carbocycles. The maximum atomic E-state index is 12.0. The summed E-state index contributed by atoms with van der Waals surface area (Å²) in [4.78, 5) is 26.6. The fourth-order valence-corrected chi connectivity index (χ4v) is 2.77. The van der Waals surface area contributed by atoms with Crippen LogP contribution >= 0.6 is 0 Å². The van der Waals surface area contributed by atoms with Crippen LogP contribution in [-0.4, -0.2) is 36.6 Å². The molecule has 0 bridgehead atoms. The van der Waals surface area contributed by atoms with Gasteiger partial charge in [-0.2, -0.15) is 0 Å². The third kappa shape index (κ3) is 3.47. The molecule has 118 valence electrons. The zero-order chi connectivity index (χ0) is 16.1. The van der Waals surface area contributed by atoms with Gasteiger partial charge in [0.1, 0.15) is 0 Å². The largest absolute Gasteiger partial charge is 0.481 e. The van der Waals surface area contributed by atoms with Crippen LogP contribution in [0.1, 0.15) is 25.3 Å². The standard InChI is InChI=1S/C17H22N2O3/c1-3-10-19-15-7-6-14(12-13(15)5-8-16(19)20)18(4-2)11-9-17(21)22/h3,6-7,12H,1,4-5,8-11H2,2H3,(H,21,22). The van der Waals surface area contributed by atoms with Crippen molar-refractivity contribution in [1.29, 1.82) is 0 Å². The van der Waals surface area contributed by atoms with Crippen LogP contribution in [-0.2, 0) is 16.0 Å². The summed E-state index contributed by atoms with van der Waals surface area (Å²) < 4.78 is 0. The lowest BCUT2D eigenvalue weighted by Gasteiger charge is -2.30. The summed E-state index contributed by atoms with van der Waals surface area (Å²) in [6.07, 6.45) is 3.08. The second kappa shape index (κ2) is 7.11. The van der Waals surface area contributed by atoms with E-state index in [0.29, 0.717) is 19.5 Å². The Balaban J connectivity index is 2.25. The fourth-order valence-electron chi connectivity index (χ4n) is 2.77. The molecule has 5 heteroatoms. The summed E-state index contributed by atoms with van der Waals surface area (Å²) in [5.74, 6) is -0.669. The van der Waals surface area contributed by atoms with Crippen molar-refractivity contribution in [3.05, 3.63) is 36.4 Å². The maximum absolute atomic E-state index is 12.0. The predicted octanol–water partition coefficient (Wildman–Crippen LogP) is 2.45. The van der Waals surface area contributed by atoms with Crippen molar-refractivity contribution < 1.29 is 14.7 Å². The molecule has 0 spiro atoms. The third-order valence-corrected chi connectivity index (χ3v) is 3.92. The Bertz CT molecular complexity index is 583. The quantitative estimate of drug-likeness (QED) is 0.786. The molecule has 1 amide bonds. The van der Waals surface area contributed by atoms with Crippen molar-refractivity contribution in [3.8, 4) is 0 Å². The molecule has 0 fully saturated rings. The van der Waals surface area contributed by atoms with E-state index in [4.69, 9.17) is 5.11 Å². The summed E-state index contributed by atoms with van der Waals surface area (Å²) in [6.45, 7) is 7.47. The molecule has 1 aliphatic rings. The molecule has 0 atom stereocenters. The number of hydrogen-bond acceptors (Lipinski definition) is 3. The van der Waals surface area contributed by atoms with Crippen LogP contribution in [0.4, 0.5) is 11.4 Å².